The van der Waals surface area contributed by atoms with Gasteiger partial charge in [-0.15, -0.1) is 0 Å². The number of alkyl carbamates (subject to hydrolysis) is 1. The van der Waals surface area contributed by atoms with Crippen LogP contribution in [0, 0.1) is 11.3 Å². The third kappa shape index (κ3) is 5.35. The van der Waals surface area contributed by atoms with Crippen LogP contribution in [0.5, 0.6) is 0 Å². The van der Waals surface area contributed by atoms with E-state index in [0.29, 0.717) is 42.0 Å². The predicted octanol–water partition coefficient (Wildman–Crippen LogP) is 3.50. The Kier molecular flexibility index (Phi) is 6.39. The number of H-pyrrole nitrogens is 1. The van der Waals surface area contributed by atoms with Crippen molar-refractivity contribution in [3.63, 3.8) is 0 Å². The lowest BCUT2D eigenvalue weighted by molar-refractivity contribution is -0.117. The van der Waals surface area contributed by atoms with E-state index in [4.69, 9.17) is 4.74 Å². The summed E-state index contributed by atoms with van der Waals surface area (Å²) < 4.78 is 5.58. The van der Waals surface area contributed by atoms with Crippen molar-refractivity contribution in [2.45, 2.75) is 75.9 Å². The lowest BCUT2D eigenvalue weighted by atomic mass is 10.0. The summed E-state index contributed by atoms with van der Waals surface area (Å²) in [7, 11) is 0. The Hall–Kier alpha value is -3.87. The molecule has 1 aliphatic heterocycles. The molecule has 36 heavy (non-hydrogen) atoms. The summed E-state index contributed by atoms with van der Waals surface area (Å²) in [5, 5.41) is 22.5. The van der Waals surface area contributed by atoms with E-state index in [1.807, 2.05) is 13.0 Å². The van der Waals surface area contributed by atoms with Gasteiger partial charge in [0.15, 0.2) is 5.82 Å². The summed E-state index contributed by atoms with van der Waals surface area (Å²) in [4.78, 5) is 38.4. The van der Waals surface area contributed by atoms with Crippen LogP contribution in [0.15, 0.2) is 24.3 Å². The third-order valence-electron chi connectivity index (χ3n) is 7.32. The Morgan fingerprint density at radius 3 is 2.86 bits per heavy atom. The van der Waals surface area contributed by atoms with E-state index in [1.54, 1.807) is 23.1 Å². The maximum Gasteiger partial charge on any atom is 0.407 e. The number of nitrogens with one attached hydrogen (secondary N) is 3. The highest BCUT2D eigenvalue weighted by Crippen LogP contribution is 2.37. The summed E-state index contributed by atoms with van der Waals surface area (Å²) >= 11 is 0. The highest BCUT2D eigenvalue weighted by molar-refractivity contribution is 5.96. The largest absolute Gasteiger partial charge is 0.446 e. The van der Waals surface area contributed by atoms with Crippen molar-refractivity contribution < 1.29 is 19.1 Å². The second-order valence-electron chi connectivity index (χ2n) is 10.3. The molecule has 2 heterocycles. The van der Waals surface area contributed by atoms with Crippen LogP contribution < -0.4 is 15.5 Å². The number of amides is 3. The molecule has 3 N–H and O–H groups in total. The Morgan fingerprint density at radius 1 is 1.31 bits per heavy atom. The van der Waals surface area contributed by atoms with Gasteiger partial charge in [0.05, 0.1) is 18.1 Å². The molecule has 2 aliphatic carbocycles. The Bertz CT molecular complexity index is 1230. The summed E-state index contributed by atoms with van der Waals surface area (Å²) in [5.41, 5.74) is 2.45. The first-order valence-corrected chi connectivity index (χ1v) is 12.5. The molecule has 1 aromatic carbocycles. The van der Waals surface area contributed by atoms with Crippen molar-refractivity contribution in [3.8, 4) is 6.07 Å². The smallest absolute Gasteiger partial charge is 0.407 e. The Labute approximate surface area is 209 Å². The first-order valence-electron chi connectivity index (χ1n) is 12.5. The highest BCUT2D eigenvalue weighted by atomic mass is 16.6. The number of nitrogens with zero attached hydrogens (tertiary/aromatic N) is 3. The van der Waals surface area contributed by atoms with Gasteiger partial charge in [-0.1, -0.05) is 6.07 Å². The highest BCUT2D eigenvalue weighted by Gasteiger charge is 2.40. The van der Waals surface area contributed by atoms with Gasteiger partial charge in [0.2, 0.25) is 11.8 Å². The van der Waals surface area contributed by atoms with E-state index in [9.17, 15) is 19.6 Å². The minimum Gasteiger partial charge on any atom is -0.446 e. The minimum absolute atomic E-state index is 0.0205. The maximum absolute atomic E-state index is 12.7. The van der Waals surface area contributed by atoms with Crippen LogP contribution in [0.25, 0.3) is 0 Å². The topological polar surface area (TPSA) is 140 Å². The number of hydrogen-bond acceptors (Lipinski definition) is 6. The molecule has 0 bridgehead atoms. The van der Waals surface area contributed by atoms with Gasteiger partial charge in [0.1, 0.15) is 6.10 Å². The van der Waals surface area contributed by atoms with Crippen molar-refractivity contribution >= 4 is 29.4 Å². The van der Waals surface area contributed by atoms with Gasteiger partial charge < -0.3 is 20.3 Å². The van der Waals surface area contributed by atoms with Gasteiger partial charge in [-0.2, -0.15) is 10.4 Å². The number of aromatic amines is 1. The lowest BCUT2D eigenvalue weighted by Gasteiger charge is -2.16. The molecule has 2 saturated carbocycles. The van der Waals surface area contributed by atoms with Crippen LogP contribution >= 0.6 is 0 Å². The zero-order chi connectivity index (χ0) is 25.3. The fourth-order valence-electron chi connectivity index (χ4n) is 4.95. The van der Waals surface area contributed by atoms with E-state index < -0.39 is 0 Å². The molecule has 0 radical (unpaired) electrons. The quantitative estimate of drug-likeness (QED) is 0.543. The van der Waals surface area contributed by atoms with Gasteiger partial charge >= 0.3 is 6.09 Å². The van der Waals surface area contributed by atoms with Gasteiger partial charge in [-0.3, -0.25) is 14.7 Å². The Balaban J connectivity index is 1.14. The zero-order valence-electron chi connectivity index (χ0n) is 20.3. The fourth-order valence-corrected chi connectivity index (χ4v) is 4.95. The van der Waals surface area contributed by atoms with Crippen LogP contribution in [0.4, 0.5) is 16.3 Å². The van der Waals surface area contributed by atoms with Crippen molar-refractivity contribution in [1.82, 2.24) is 15.5 Å². The molecule has 2 atom stereocenters. The van der Waals surface area contributed by atoms with E-state index in [1.165, 1.54) is 0 Å². The first-order chi connectivity index (χ1) is 17.3. The molecular formula is C26H30N6O4. The molecule has 0 spiro atoms. The fraction of sp³-hybridized carbons (Fsp3) is 0.500. The normalized spacial score (nSPS) is 22.2. The molecule has 3 aliphatic rings. The SMILES string of the molecule is CC1(NC(=O)O[C@H]2CCC(c3cc(NC(=O)Cc4ccc(N5CCCC5=O)cc4C#N)n[nH]3)C2)CC1. The van der Waals surface area contributed by atoms with E-state index in [0.717, 1.165) is 37.8 Å². The second-order valence-corrected chi connectivity index (χ2v) is 10.3. The summed E-state index contributed by atoms with van der Waals surface area (Å²) in [6, 6.07) is 9.13. The molecule has 1 aromatic heterocycles. The van der Waals surface area contributed by atoms with Gasteiger partial charge in [0.25, 0.3) is 0 Å². The van der Waals surface area contributed by atoms with Gasteiger partial charge in [-0.25, -0.2) is 4.79 Å². The summed E-state index contributed by atoms with van der Waals surface area (Å²) in [6.45, 7) is 2.66. The second kappa shape index (κ2) is 9.64. The molecule has 1 saturated heterocycles. The van der Waals surface area contributed by atoms with Crippen LogP contribution in [-0.4, -0.2) is 46.3 Å². The number of rotatable bonds is 7. The van der Waals surface area contributed by atoms with Crippen LogP contribution in [0.2, 0.25) is 0 Å². The third-order valence-corrected chi connectivity index (χ3v) is 7.32. The van der Waals surface area contributed by atoms with E-state index >= 15 is 0 Å². The standard InChI is InChI=1S/C26H30N6O4/c1-26(8-9-26)29-25(35)36-20-7-5-17(12-20)21-14-22(31-30-21)28-23(33)13-16-4-6-19(11-18(16)15-27)32-10-2-3-24(32)34/h4,6,11,14,17,20H,2-3,5,7-10,12-13H2,1H3,(H,29,35)(H2,28,30,31,33)/t17?,20-/m0/s1. The monoisotopic (exact) mass is 490 g/mol. The number of nitriles is 1. The number of anilines is 2. The maximum atomic E-state index is 12.7. The number of aromatic nitrogens is 2. The molecule has 188 valence electrons. The minimum atomic E-state index is -0.352. The van der Waals surface area contributed by atoms with E-state index in [2.05, 4.69) is 26.9 Å². The van der Waals surface area contributed by atoms with Crippen molar-refractivity contribution in [3.05, 3.63) is 41.1 Å². The molecule has 10 heteroatoms. The average molecular weight is 491 g/mol. The van der Waals surface area contributed by atoms with Crippen LogP contribution in [-0.2, 0) is 20.7 Å². The molecule has 3 fully saturated rings. The first kappa shape index (κ1) is 23.9. The summed E-state index contributed by atoms with van der Waals surface area (Å²) in [5.74, 6) is 0.349. The molecule has 10 nitrogen and oxygen atoms in total. The molecule has 3 amide bonds. The van der Waals surface area contributed by atoms with Crippen LogP contribution in [0.3, 0.4) is 0 Å². The van der Waals surface area contributed by atoms with Gasteiger partial charge in [-0.05, 0) is 63.1 Å². The van der Waals surface area contributed by atoms with Crippen LogP contribution in [0.1, 0.15) is 74.6 Å². The lowest BCUT2D eigenvalue weighted by Crippen LogP contribution is -2.36. The molecule has 5 rings (SSSR count). The van der Waals surface area contributed by atoms with Crippen molar-refractivity contribution in [1.29, 1.82) is 5.26 Å². The number of carbonyl (C=O) groups excluding carboxylic acids is 3. The van der Waals surface area contributed by atoms with Crippen molar-refractivity contribution in [2.75, 3.05) is 16.8 Å². The molecule has 1 unspecified atom stereocenters. The van der Waals surface area contributed by atoms with Gasteiger partial charge in [0, 0.05) is 41.9 Å². The summed E-state index contributed by atoms with van der Waals surface area (Å²) in [6.07, 6.45) is 5.18. The van der Waals surface area contributed by atoms with E-state index in [-0.39, 0.29) is 41.9 Å². The molecular weight excluding hydrogens is 460 g/mol. The number of ether oxygens (including phenoxy) is 1. The Morgan fingerprint density at radius 2 is 2.14 bits per heavy atom. The number of carbonyl (C=O) groups is 3. The average Bonchev–Trinajstić information content (AvgIpc) is 3.25. The predicted molar refractivity (Wildman–Crippen MR) is 131 cm³/mol. The molecule has 2 aromatic rings. The number of benzene rings is 1. The van der Waals surface area contributed by atoms with Crippen molar-refractivity contribution in [2.24, 2.45) is 0 Å². The zero-order valence-corrected chi connectivity index (χ0v) is 20.3. The number of hydrogen-bond donors (Lipinski definition) is 3.